The molecule has 0 amide bonds. The van der Waals surface area contributed by atoms with Gasteiger partial charge in [-0.05, 0) is 46.3 Å². The number of halogens is 1. The van der Waals surface area contributed by atoms with Crippen LogP contribution in [0.4, 0.5) is 0 Å². The third-order valence-corrected chi connectivity index (χ3v) is 3.67. The predicted octanol–water partition coefficient (Wildman–Crippen LogP) is 4.73. The monoisotopic (exact) mass is 356 g/mol. The second kappa shape index (κ2) is 6.58. The number of hydrogen-bond acceptors (Lipinski definition) is 4. The van der Waals surface area contributed by atoms with Crippen molar-refractivity contribution in [2.24, 2.45) is 0 Å². The number of ether oxygens (including phenoxy) is 1. The quantitative estimate of drug-likeness (QED) is 0.620. The van der Waals surface area contributed by atoms with Crippen molar-refractivity contribution in [1.29, 1.82) is 0 Å². The molecule has 0 radical (unpaired) electrons. The predicted molar refractivity (Wildman–Crippen MR) is 88.6 cm³/mol. The summed E-state index contributed by atoms with van der Waals surface area (Å²) in [5.41, 5.74) is 1.67. The molecule has 0 bridgehead atoms. The number of hydrogen-bond donors (Lipinski definition) is 0. The van der Waals surface area contributed by atoms with Crippen molar-refractivity contribution in [3.63, 3.8) is 0 Å². The minimum absolute atomic E-state index is 0.454. The summed E-state index contributed by atoms with van der Waals surface area (Å²) in [6.45, 7) is 4.09. The standard InChI is InChI=1S/C17H13BrN2O2/c1-2-10-21-13-7-5-6-12(11-13)16-19-20-17(22-16)14-8-3-4-9-15(14)18/h2-9,11H,1,10H2. The number of benzene rings is 2. The van der Waals surface area contributed by atoms with Crippen molar-refractivity contribution in [3.05, 3.63) is 65.7 Å². The van der Waals surface area contributed by atoms with Crippen molar-refractivity contribution < 1.29 is 9.15 Å². The summed E-state index contributed by atoms with van der Waals surface area (Å²) in [7, 11) is 0. The van der Waals surface area contributed by atoms with Crippen LogP contribution < -0.4 is 4.74 Å². The van der Waals surface area contributed by atoms with Gasteiger partial charge in [0.15, 0.2) is 0 Å². The molecule has 3 rings (SSSR count). The molecule has 2 aromatic carbocycles. The Kier molecular flexibility index (Phi) is 4.34. The number of aromatic nitrogens is 2. The summed E-state index contributed by atoms with van der Waals surface area (Å²) < 4.78 is 12.2. The van der Waals surface area contributed by atoms with Crippen molar-refractivity contribution >= 4 is 15.9 Å². The van der Waals surface area contributed by atoms with E-state index in [1.807, 2.05) is 48.5 Å². The van der Waals surface area contributed by atoms with Crippen LogP contribution in [-0.4, -0.2) is 16.8 Å². The summed E-state index contributed by atoms with van der Waals surface area (Å²) in [6.07, 6.45) is 1.70. The first-order valence-corrected chi connectivity index (χ1v) is 7.50. The van der Waals surface area contributed by atoms with E-state index in [0.717, 1.165) is 21.3 Å². The zero-order valence-electron chi connectivity index (χ0n) is 11.7. The summed E-state index contributed by atoms with van der Waals surface area (Å²) in [4.78, 5) is 0. The van der Waals surface area contributed by atoms with Gasteiger partial charge in [-0.2, -0.15) is 0 Å². The first kappa shape index (κ1) is 14.5. The molecule has 1 heterocycles. The van der Waals surface area contributed by atoms with E-state index in [9.17, 15) is 0 Å². The summed E-state index contributed by atoms with van der Waals surface area (Å²) >= 11 is 3.48. The van der Waals surface area contributed by atoms with Gasteiger partial charge in [0.25, 0.3) is 0 Å². The smallest absolute Gasteiger partial charge is 0.249 e. The van der Waals surface area contributed by atoms with Crippen LogP contribution in [0.2, 0.25) is 0 Å². The van der Waals surface area contributed by atoms with Gasteiger partial charge in [0.2, 0.25) is 11.8 Å². The molecule has 3 aromatic rings. The van der Waals surface area contributed by atoms with E-state index in [-0.39, 0.29) is 0 Å². The van der Waals surface area contributed by atoms with Gasteiger partial charge < -0.3 is 9.15 Å². The zero-order chi connectivity index (χ0) is 15.4. The SMILES string of the molecule is C=CCOc1cccc(-c2nnc(-c3ccccc3Br)o2)c1. The lowest BCUT2D eigenvalue weighted by Gasteiger charge is -2.03. The Morgan fingerprint density at radius 2 is 1.91 bits per heavy atom. The Morgan fingerprint density at radius 1 is 1.09 bits per heavy atom. The lowest BCUT2D eigenvalue weighted by atomic mass is 10.2. The molecule has 5 heteroatoms. The molecule has 4 nitrogen and oxygen atoms in total. The number of rotatable bonds is 5. The molecule has 1 aromatic heterocycles. The first-order valence-electron chi connectivity index (χ1n) is 6.70. The van der Waals surface area contributed by atoms with Crippen LogP contribution in [0.1, 0.15) is 0 Å². The Labute approximate surface area is 136 Å². The molecule has 0 aliphatic carbocycles. The van der Waals surface area contributed by atoms with Gasteiger partial charge in [-0.15, -0.1) is 10.2 Å². The molecule has 0 fully saturated rings. The molecule has 0 saturated heterocycles. The Bertz CT molecular complexity index is 799. The highest BCUT2D eigenvalue weighted by Crippen LogP contribution is 2.30. The maximum atomic E-state index is 5.77. The minimum Gasteiger partial charge on any atom is -0.490 e. The van der Waals surface area contributed by atoms with E-state index < -0.39 is 0 Å². The second-order valence-electron chi connectivity index (χ2n) is 4.52. The van der Waals surface area contributed by atoms with Crippen LogP contribution in [0, 0.1) is 0 Å². The van der Waals surface area contributed by atoms with Gasteiger partial charge in [-0.1, -0.05) is 30.9 Å². The van der Waals surface area contributed by atoms with Crippen molar-refractivity contribution in [2.75, 3.05) is 6.61 Å². The van der Waals surface area contributed by atoms with Crippen molar-refractivity contribution in [2.45, 2.75) is 0 Å². The highest BCUT2D eigenvalue weighted by molar-refractivity contribution is 9.10. The van der Waals surface area contributed by atoms with Crippen LogP contribution in [-0.2, 0) is 0 Å². The van der Waals surface area contributed by atoms with Gasteiger partial charge in [-0.25, -0.2) is 0 Å². The number of nitrogens with zero attached hydrogens (tertiary/aromatic N) is 2. The molecule has 0 unspecified atom stereocenters. The van der Waals surface area contributed by atoms with Crippen LogP contribution >= 0.6 is 15.9 Å². The summed E-state index contributed by atoms with van der Waals surface area (Å²) in [5.74, 6) is 1.66. The topological polar surface area (TPSA) is 48.2 Å². The van der Waals surface area contributed by atoms with Crippen LogP contribution in [0.3, 0.4) is 0 Å². The van der Waals surface area contributed by atoms with E-state index in [2.05, 4.69) is 32.7 Å². The molecule has 110 valence electrons. The molecule has 0 aliphatic rings. The summed E-state index contributed by atoms with van der Waals surface area (Å²) in [5, 5.41) is 8.22. The molecule has 0 N–H and O–H groups in total. The Hall–Kier alpha value is -2.40. The fourth-order valence-corrected chi connectivity index (χ4v) is 2.41. The van der Waals surface area contributed by atoms with Gasteiger partial charge >= 0.3 is 0 Å². The molecule has 0 atom stereocenters. The van der Waals surface area contributed by atoms with Gasteiger partial charge in [0.1, 0.15) is 12.4 Å². The molecule has 0 saturated carbocycles. The first-order chi connectivity index (χ1) is 10.8. The van der Waals surface area contributed by atoms with Gasteiger partial charge in [0, 0.05) is 10.0 Å². The lowest BCUT2D eigenvalue weighted by molar-refractivity contribution is 0.363. The fourth-order valence-electron chi connectivity index (χ4n) is 1.96. The van der Waals surface area contributed by atoms with E-state index >= 15 is 0 Å². The average Bonchev–Trinajstić information content (AvgIpc) is 3.03. The van der Waals surface area contributed by atoms with E-state index in [1.54, 1.807) is 6.08 Å². The minimum atomic E-state index is 0.454. The largest absolute Gasteiger partial charge is 0.490 e. The van der Waals surface area contributed by atoms with Crippen molar-refractivity contribution in [3.8, 4) is 28.7 Å². The van der Waals surface area contributed by atoms with Crippen LogP contribution in [0.25, 0.3) is 22.9 Å². The van der Waals surface area contributed by atoms with E-state index in [4.69, 9.17) is 9.15 Å². The fraction of sp³-hybridized carbons (Fsp3) is 0.0588. The molecule has 0 aliphatic heterocycles. The van der Waals surface area contributed by atoms with Gasteiger partial charge in [0.05, 0.1) is 5.56 Å². The molecule has 22 heavy (non-hydrogen) atoms. The Morgan fingerprint density at radius 3 is 2.73 bits per heavy atom. The molecule has 0 spiro atoms. The third kappa shape index (κ3) is 3.09. The maximum Gasteiger partial charge on any atom is 0.249 e. The second-order valence-corrected chi connectivity index (χ2v) is 5.37. The van der Waals surface area contributed by atoms with E-state index in [0.29, 0.717) is 18.4 Å². The Balaban J connectivity index is 1.91. The third-order valence-electron chi connectivity index (χ3n) is 2.98. The lowest BCUT2D eigenvalue weighted by Crippen LogP contribution is -1.92. The normalized spacial score (nSPS) is 10.4. The van der Waals surface area contributed by atoms with E-state index in [1.165, 1.54) is 0 Å². The molecular weight excluding hydrogens is 344 g/mol. The maximum absolute atomic E-state index is 5.77. The average molecular weight is 357 g/mol. The highest BCUT2D eigenvalue weighted by Gasteiger charge is 2.13. The van der Waals surface area contributed by atoms with Gasteiger partial charge in [-0.3, -0.25) is 0 Å². The highest BCUT2D eigenvalue weighted by atomic mass is 79.9. The van der Waals surface area contributed by atoms with Crippen molar-refractivity contribution in [1.82, 2.24) is 10.2 Å². The zero-order valence-corrected chi connectivity index (χ0v) is 13.3. The summed E-state index contributed by atoms with van der Waals surface area (Å²) in [6, 6.07) is 15.2. The van der Waals surface area contributed by atoms with Crippen LogP contribution in [0.15, 0.2) is 70.1 Å². The van der Waals surface area contributed by atoms with Crippen LogP contribution in [0.5, 0.6) is 5.75 Å². The molecular formula is C17H13BrN2O2.